The van der Waals surface area contributed by atoms with Crippen molar-refractivity contribution >= 4 is 5.97 Å². The molecule has 0 amide bonds. The van der Waals surface area contributed by atoms with Gasteiger partial charge >= 0.3 is 12.3 Å². The number of rotatable bonds is 5. The SMILES string of the molecule is CCOC(=O)Cc1c(CC)cc(C#N)cc1OC(F)(F)F. The standard InChI is InChI=1S/C14H14F3NO3/c1-3-10-5-9(8-18)6-12(21-14(15,16)17)11(10)7-13(19)20-4-2/h5-6H,3-4,7H2,1-2H3. The minimum Gasteiger partial charge on any atom is -0.466 e. The van der Waals surface area contributed by atoms with E-state index in [4.69, 9.17) is 10.00 Å². The van der Waals surface area contributed by atoms with Crippen molar-refractivity contribution in [1.82, 2.24) is 0 Å². The van der Waals surface area contributed by atoms with Crippen molar-refractivity contribution in [2.75, 3.05) is 6.61 Å². The summed E-state index contributed by atoms with van der Waals surface area (Å²) in [6.45, 7) is 3.44. The molecule has 0 bridgehead atoms. The predicted octanol–water partition coefficient (Wildman–Crippen LogP) is 3.12. The Morgan fingerprint density at radius 3 is 2.48 bits per heavy atom. The lowest BCUT2D eigenvalue weighted by Crippen LogP contribution is -2.20. The number of carbonyl (C=O) groups is 1. The van der Waals surface area contributed by atoms with Crippen molar-refractivity contribution in [1.29, 1.82) is 5.26 Å². The molecule has 0 heterocycles. The average molecular weight is 301 g/mol. The zero-order valence-corrected chi connectivity index (χ0v) is 11.6. The van der Waals surface area contributed by atoms with Gasteiger partial charge in [-0.1, -0.05) is 6.92 Å². The molecule has 0 saturated heterocycles. The number of ether oxygens (including phenoxy) is 2. The first kappa shape index (κ1) is 16.8. The first-order valence-electron chi connectivity index (χ1n) is 6.28. The van der Waals surface area contributed by atoms with Crippen LogP contribution >= 0.6 is 0 Å². The average Bonchev–Trinajstić information content (AvgIpc) is 2.39. The van der Waals surface area contributed by atoms with Gasteiger partial charge < -0.3 is 9.47 Å². The molecule has 0 aliphatic heterocycles. The molecule has 7 heteroatoms. The van der Waals surface area contributed by atoms with Gasteiger partial charge in [0.25, 0.3) is 0 Å². The van der Waals surface area contributed by atoms with E-state index >= 15 is 0 Å². The largest absolute Gasteiger partial charge is 0.573 e. The van der Waals surface area contributed by atoms with Crippen LogP contribution in [0.1, 0.15) is 30.5 Å². The number of alkyl halides is 3. The maximum Gasteiger partial charge on any atom is 0.573 e. The lowest BCUT2D eigenvalue weighted by atomic mass is 9.98. The number of halogens is 3. The number of carbonyl (C=O) groups excluding carboxylic acids is 1. The topological polar surface area (TPSA) is 59.3 Å². The number of aryl methyl sites for hydroxylation is 1. The molecule has 0 aromatic heterocycles. The molecule has 0 spiro atoms. The smallest absolute Gasteiger partial charge is 0.466 e. The molecule has 1 aromatic carbocycles. The van der Waals surface area contributed by atoms with Crippen molar-refractivity contribution < 1.29 is 27.4 Å². The van der Waals surface area contributed by atoms with Gasteiger partial charge in [-0.05, 0) is 31.0 Å². The Morgan fingerprint density at radius 2 is 2.00 bits per heavy atom. The highest BCUT2D eigenvalue weighted by molar-refractivity contribution is 5.74. The monoisotopic (exact) mass is 301 g/mol. The third-order valence-corrected chi connectivity index (χ3v) is 2.66. The first-order valence-corrected chi connectivity index (χ1v) is 6.28. The quantitative estimate of drug-likeness (QED) is 0.784. The lowest BCUT2D eigenvalue weighted by Gasteiger charge is -2.16. The predicted molar refractivity (Wildman–Crippen MR) is 67.6 cm³/mol. The van der Waals surface area contributed by atoms with Crippen LogP contribution in [-0.2, 0) is 22.4 Å². The van der Waals surface area contributed by atoms with Gasteiger partial charge in [0.2, 0.25) is 0 Å². The molecule has 0 unspecified atom stereocenters. The van der Waals surface area contributed by atoms with Crippen LogP contribution in [0, 0.1) is 11.3 Å². The summed E-state index contributed by atoms with van der Waals surface area (Å²) in [7, 11) is 0. The zero-order valence-electron chi connectivity index (χ0n) is 11.6. The number of benzene rings is 1. The van der Waals surface area contributed by atoms with Gasteiger partial charge in [-0.3, -0.25) is 4.79 Å². The minimum atomic E-state index is -4.90. The lowest BCUT2D eigenvalue weighted by molar-refractivity contribution is -0.275. The third kappa shape index (κ3) is 4.99. The third-order valence-electron chi connectivity index (χ3n) is 2.66. The van der Waals surface area contributed by atoms with Gasteiger partial charge in [-0.25, -0.2) is 0 Å². The molecular weight excluding hydrogens is 287 g/mol. The van der Waals surface area contributed by atoms with E-state index in [1.807, 2.05) is 0 Å². The first-order chi connectivity index (χ1) is 9.80. The van der Waals surface area contributed by atoms with Crippen molar-refractivity contribution in [2.24, 2.45) is 0 Å². The summed E-state index contributed by atoms with van der Waals surface area (Å²) < 4.78 is 46.1. The highest BCUT2D eigenvalue weighted by Crippen LogP contribution is 2.31. The summed E-state index contributed by atoms with van der Waals surface area (Å²) in [5.74, 6) is -1.18. The highest BCUT2D eigenvalue weighted by Gasteiger charge is 2.33. The second kappa shape index (κ2) is 6.97. The fraction of sp³-hybridized carbons (Fsp3) is 0.429. The Bertz CT molecular complexity index is 562. The summed E-state index contributed by atoms with van der Waals surface area (Å²) in [6.07, 6.45) is -4.88. The van der Waals surface area contributed by atoms with Gasteiger partial charge in [0.05, 0.1) is 24.7 Å². The Labute approximate surface area is 120 Å². The molecule has 0 aliphatic rings. The molecule has 0 fully saturated rings. The number of hydrogen-bond donors (Lipinski definition) is 0. The molecule has 0 radical (unpaired) electrons. The Morgan fingerprint density at radius 1 is 1.33 bits per heavy atom. The van der Waals surface area contributed by atoms with Gasteiger partial charge in [0.15, 0.2) is 0 Å². The number of hydrogen-bond acceptors (Lipinski definition) is 4. The molecular formula is C14H14F3NO3. The molecule has 1 aromatic rings. The zero-order chi connectivity index (χ0) is 16.0. The second-order valence-electron chi connectivity index (χ2n) is 4.11. The molecule has 0 atom stereocenters. The molecule has 4 nitrogen and oxygen atoms in total. The summed E-state index contributed by atoms with van der Waals surface area (Å²) in [5.41, 5.74) is 0.576. The highest BCUT2D eigenvalue weighted by atomic mass is 19.4. The van der Waals surface area contributed by atoms with E-state index in [1.165, 1.54) is 6.07 Å². The maximum atomic E-state index is 12.5. The maximum absolute atomic E-state index is 12.5. The number of esters is 1. The molecule has 21 heavy (non-hydrogen) atoms. The van der Waals surface area contributed by atoms with Gasteiger partial charge in [-0.15, -0.1) is 13.2 Å². The van der Waals surface area contributed by atoms with Crippen LogP contribution < -0.4 is 4.74 Å². The molecule has 0 saturated carbocycles. The van der Waals surface area contributed by atoms with E-state index in [2.05, 4.69) is 4.74 Å². The van der Waals surface area contributed by atoms with Gasteiger partial charge in [0.1, 0.15) is 5.75 Å². The molecule has 114 valence electrons. The van der Waals surface area contributed by atoms with Crippen LogP contribution in [0.5, 0.6) is 5.75 Å². The van der Waals surface area contributed by atoms with Crippen LogP contribution in [0.25, 0.3) is 0 Å². The summed E-state index contributed by atoms with van der Waals surface area (Å²) in [6, 6.07) is 4.19. The van der Waals surface area contributed by atoms with Crippen LogP contribution in [0.15, 0.2) is 12.1 Å². The Balaban J connectivity index is 3.29. The van der Waals surface area contributed by atoms with Crippen LogP contribution in [0.4, 0.5) is 13.2 Å². The van der Waals surface area contributed by atoms with Crippen LogP contribution in [-0.4, -0.2) is 18.9 Å². The summed E-state index contributed by atoms with van der Waals surface area (Å²) in [4.78, 5) is 11.5. The van der Waals surface area contributed by atoms with E-state index < -0.39 is 18.1 Å². The van der Waals surface area contributed by atoms with E-state index in [9.17, 15) is 18.0 Å². The van der Waals surface area contributed by atoms with Gasteiger partial charge in [0, 0.05) is 5.56 Å². The Kier molecular flexibility index (Phi) is 5.59. The van der Waals surface area contributed by atoms with Crippen LogP contribution in [0.2, 0.25) is 0 Å². The summed E-state index contributed by atoms with van der Waals surface area (Å²) in [5, 5.41) is 8.86. The van der Waals surface area contributed by atoms with Crippen molar-refractivity contribution in [3.63, 3.8) is 0 Å². The number of nitriles is 1. The van der Waals surface area contributed by atoms with E-state index in [1.54, 1.807) is 19.9 Å². The number of nitrogens with zero attached hydrogens (tertiary/aromatic N) is 1. The van der Waals surface area contributed by atoms with Crippen LogP contribution in [0.3, 0.4) is 0 Å². The normalized spacial score (nSPS) is 10.9. The fourth-order valence-corrected chi connectivity index (χ4v) is 1.86. The van der Waals surface area contributed by atoms with Crippen molar-refractivity contribution in [3.8, 4) is 11.8 Å². The molecule has 1 rings (SSSR count). The molecule has 0 N–H and O–H groups in total. The van der Waals surface area contributed by atoms with E-state index in [0.29, 0.717) is 12.0 Å². The second-order valence-corrected chi connectivity index (χ2v) is 4.11. The van der Waals surface area contributed by atoms with Crippen molar-refractivity contribution in [2.45, 2.75) is 33.1 Å². The minimum absolute atomic E-state index is 0.0405. The van der Waals surface area contributed by atoms with Crippen molar-refractivity contribution in [3.05, 3.63) is 28.8 Å². The van der Waals surface area contributed by atoms with Gasteiger partial charge in [-0.2, -0.15) is 5.26 Å². The Hall–Kier alpha value is -2.23. The molecule has 0 aliphatic carbocycles. The van der Waals surface area contributed by atoms with E-state index in [-0.39, 0.29) is 24.2 Å². The summed E-state index contributed by atoms with van der Waals surface area (Å²) >= 11 is 0. The van der Waals surface area contributed by atoms with E-state index in [0.717, 1.165) is 6.07 Å². The fourth-order valence-electron chi connectivity index (χ4n) is 1.86.